The van der Waals surface area contributed by atoms with Gasteiger partial charge in [-0.15, -0.1) is 0 Å². The van der Waals surface area contributed by atoms with Crippen LogP contribution < -0.4 is 5.73 Å². The van der Waals surface area contributed by atoms with Crippen LogP contribution in [0, 0.1) is 0 Å². The van der Waals surface area contributed by atoms with Gasteiger partial charge in [-0.2, -0.15) is 0 Å². The molecule has 1 aliphatic heterocycles. The minimum atomic E-state index is 0.157. The molecule has 2 N–H and O–H groups in total. The highest BCUT2D eigenvalue weighted by Crippen LogP contribution is 2.29. The molecule has 0 aromatic carbocycles. The maximum absolute atomic E-state index is 5.98. The second kappa shape index (κ2) is 6.27. The van der Waals surface area contributed by atoms with Gasteiger partial charge in [0.15, 0.2) is 5.96 Å². The molecule has 0 radical (unpaired) electrons. The Morgan fingerprint density at radius 3 is 2.53 bits per heavy atom. The third kappa shape index (κ3) is 3.62. The molecule has 1 rings (SSSR count). The van der Waals surface area contributed by atoms with Gasteiger partial charge in [0.25, 0.3) is 0 Å². The van der Waals surface area contributed by atoms with E-state index in [4.69, 9.17) is 5.73 Å². The first-order valence-electron chi connectivity index (χ1n) is 7.10. The number of nitrogens with two attached hydrogens (primary N) is 1. The van der Waals surface area contributed by atoms with E-state index in [1.807, 2.05) is 0 Å². The van der Waals surface area contributed by atoms with E-state index in [-0.39, 0.29) is 5.54 Å². The Kier molecular flexibility index (Phi) is 5.29. The predicted octanol–water partition coefficient (Wildman–Crippen LogP) is 3.14. The normalized spacial score (nSPS) is 24.5. The van der Waals surface area contributed by atoms with Crippen molar-refractivity contribution < 1.29 is 0 Å². The van der Waals surface area contributed by atoms with Crippen LogP contribution in [-0.2, 0) is 0 Å². The Bertz CT molecular complexity index is 260. The predicted molar refractivity (Wildman–Crippen MR) is 75.2 cm³/mol. The van der Waals surface area contributed by atoms with Gasteiger partial charge in [-0.05, 0) is 27.2 Å². The smallest absolute Gasteiger partial charge is 0.192 e. The van der Waals surface area contributed by atoms with Gasteiger partial charge in [-0.3, -0.25) is 4.99 Å². The highest BCUT2D eigenvalue weighted by atomic mass is 15.4. The first-order valence-corrected chi connectivity index (χ1v) is 7.10. The summed E-state index contributed by atoms with van der Waals surface area (Å²) in [4.78, 5) is 6.73. The first kappa shape index (κ1) is 14.3. The van der Waals surface area contributed by atoms with Crippen molar-refractivity contribution in [1.82, 2.24) is 4.90 Å². The Hall–Kier alpha value is -0.730. The van der Waals surface area contributed by atoms with Gasteiger partial charge in [0.2, 0.25) is 0 Å². The van der Waals surface area contributed by atoms with E-state index in [2.05, 4.69) is 37.6 Å². The van der Waals surface area contributed by atoms with E-state index in [0.29, 0.717) is 6.04 Å². The van der Waals surface area contributed by atoms with Crippen molar-refractivity contribution in [3.8, 4) is 0 Å². The number of guanidine groups is 1. The molecular weight excluding hydrogens is 210 g/mol. The Balaban J connectivity index is 2.40. The lowest BCUT2D eigenvalue weighted by Gasteiger charge is -2.39. The van der Waals surface area contributed by atoms with Gasteiger partial charge in [0.05, 0.1) is 12.1 Å². The molecule has 3 heteroatoms. The molecule has 0 saturated carbocycles. The zero-order valence-corrected chi connectivity index (χ0v) is 12.0. The van der Waals surface area contributed by atoms with E-state index < -0.39 is 0 Å². The second-order valence-electron chi connectivity index (χ2n) is 5.80. The number of hydrogen-bond acceptors (Lipinski definition) is 3. The standard InChI is InChI=1S/C14H29N3/c1-5-6-7-8-9-10-14(4)11-16-13(15)17(14)12(2)3/h12H,5-11H2,1-4H3,(H2,15,16). The van der Waals surface area contributed by atoms with E-state index in [1.165, 1.54) is 38.5 Å². The summed E-state index contributed by atoms with van der Waals surface area (Å²) < 4.78 is 0. The van der Waals surface area contributed by atoms with Crippen molar-refractivity contribution in [2.75, 3.05) is 6.54 Å². The first-order chi connectivity index (χ1) is 8.01. The van der Waals surface area contributed by atoms with E-state index in [9.17, 15) is 0 Å². The van der Waals surface area contributed by atoms with Crippen molar-refractivity contribution >= 4 is 5.96 Å². The molecular formula is C14H29N3. The quantitative estimate of drug-likeness (QED) is 0.693. The zero-order chi connectivity index (χ0) is 12.9. The molecule has 0 bridgehead atoms. The van der Waals surface area contributed by atoms with Crippen LogP contribution in [0.3, 0.4) is 0 Å². The summed E-state index contributed by atoms with van der Waals surface area (Å²) in [6.07, 6.45) is 7.89. The molecule has 3 nitrogen and oxygen atoms in total. The van der Waals surface area contributed by atoms with Crippen LogP contribution in [0.4, 0.5) is 0 Å². The average Bonchev–Trinajstić information content (AvgIpc) is 2.55. The number of rotatable bonds is 7. The summed E-state index contributed by atoms with van der Waals surface area (Å²) in [5.74, 6) is 0.732. The minimum Gasteiger partial charge on any atom is -0.370 e. The van der Waals surface area contributed by atoms with Crippen molar-refractivity contribution in [1.29, 1.82) is 0 Å². The van der Waals surface area contributed by atoms with Gasteiger partial charge >= 0.3 is 0 Å². The fourth-order valence-corrected chi connectivity index (χ4v) is 2.88. The third-order valence-electron chi connectivity index (χ3n) is 3.75. The summed E-state index contributed by atoms with van der Waals surface area (Å²) in [5.41, 5.74) is 6.14. The molecule has 0 fully saturated rings. The molecule has 0 aromatic heterocycles. The fraction of sp³-hybridized carbons (Fsp3) is 0.929. The molecule has 1 atom stereocenters. The Labute approximate surface area is 106 Å². The Morgan fingerprint density at radius 2 is 1.94 bits per heavy atom. The maximum atomic E-state index is 5.98. The topological polar surface area (TPSA) is 41.6 Å². The van der Waals surface area contributed by atoms with Crippen molar-refractivity contribution in [3.63, 3.8) is 0 Å². The van der Waals surface area contributed by atoms with E-state index in [0.717, 1.165) is 12.5 Å². The van der Waals surface area contributed by atoms with Crippen molar-refractivity contribution in [3.05, 3.63) is 0 Å². The molecule has 1 aliphatic rings. The van der Waals surface area contributed by atoms with Crippen LogP contribution in [0.1, 0.15) is 66.2 Å². The molecule has 1 unspecified atom stereocenters. The summed E-state index contributed by atoms with van der Waals surface area (Å²) in [7, 11) is 0. The van der Waals surface area contributed by atoms with Crippen LogP contribution in [0.5, 0.6) is 0 Å². The van der Waals surface area contributed by atoms with E-state index in [1.54, 1.807) is 0 Å². The van der Waals surface area contributed by atoms with Crippen LogP contribution >= 0.6 is 0 Å². The minimum absolute atomic E-state index is 0.157. The van der Waals surface area contributed by atoms with Gasteiger partial charge in [0, 0.05) is 6.04 Å². The Morgan fingerprint density at radius 1 is 1.29 bits per heavy atom. The van der Waals surface area contributed by atoms with Crippen LogP contribution in [0.2, 0.25) is 0 Å². The van der Waals surface area contributed by atoms with Crippen molar-refractivity contribution in [2.24, 2.45) is 10.7 Å². The second-order valence-corrected chi connectivity index (χ2v) is 5.80. The fourth-order valence-electron chi connectivity index (χ4n) is 2.88. The molecule has 100 valence electrons. The molecule has 1 heterocycles. The molecule has 0 spiro atoms. The molecule has 0 aromatic rings. The molecule has 0 amide bonds. The summed E-state index contributed by atoms with van der Waals surface area (Å²) in [6, 6.07) is 0.446. The largest absolute Gasteiger partial charge is 0.370 e. The van der Waals surface area contributed by atoms with Gasteiger partial charge in [0.1, 0.15) is 0 Å². The van der Waals surface area contributed by atoms with Gasteiger partial charge in [-0.25, -0.2) is 0 Å². The summed E-state index contributed by atoms with van der Waals surface area (Å²) >= 11 is 0. The van der Waals surface area contributed by atoms with Crippen LogP contribution in [0.15, 0.2) is 4.99 Å². The summed E-state index contributed by atoms with van der Waals surface area (Å²) in [6.45, 7) is 9.82. The van der Waals surface area contributed by atoms with Crippen molar-refractivity contribution in [2.45, 2.75) is 77.8 Å². The molecule has 17 heavy (non-hydrogen) atoms. The number of aliphatic imine (C=N–C) groups is 1. The number of unbranched alkanes of at least 4 members (excludes halogenated alkanes) is 4. The number of hydrogen-bond donors (Lipinski definition) is 1. The van der Waals surface area contributed by atoms with Crippen LogP contribution in [0.25, 0.3) is 0 Å². The highest BCUT2D eigenvalue weighted by Gasteiger charge is 2.38. The average molecular weight is 239 g/mol. The number of nitrogens with zero attached hydrogens (tertiary/aromatic N) is 2. The van der Waals surface area contributed by atoms with Gasteiger partial charge in [-0.1, -0.05) is 39.0 Å². The zero-order valence-electron chi connectivity index (χ0n) is 12.0. The maximum Gasteiger partial charge on any atom is 0.192 e. The summed E-state index contributed by atoms with van der Waals surface area (Å²) in [5, 5.41) is 0. The monoisotopic (exact) mass is 239 g/mol. The third-order valence-corrected chi connectivity index (χ3v) is 3.75. The molecule has 0 saturated heterocycles. The highest BCUT2D eigenvalue weighted by molar-refractivity contribution is 5.81. The SMILES string of the molecule is CCCCCCCC1(C)CN=C(N)N1C(C)C. The van der Waals surface area contributed by atoms with Crippen LogP contribution in [-0.4, -0.2) is 29.0 Å². The lowest BCUT2D eigenvalue weighted by atomic mass is 9.92. The van der Waals surface area contributed by atoms with E-state index >= 15 is 0 Å². The molecule has 0 aliphatic carbocycles. The lowest BCUT2D eigenvalue weighted by Crippen LogP contribution is -2.52. The lowest BCUT2D eigenvalue weighted by molar-refractivity contribution is 0.167. The van der Waals surface area contributed by atoms with Gasteiger partial charge < -0.3 is 10.6 Å².